The van der Waals surface area contributed by atoms with Crippen LogP contribution in [0.5, 0.6) is 0 Å². The predicted molar refractivity (Wildman–Crippen MR) is 75.5 cm³/mol. The Balaban J connectivity index is 1.95. The summed E-state index contributed by atoms with van der Waals surface area (Å²) in [5.41, 5.74) is 0.971. The molecule has 0 saturated carbocycles. The number of aromatic amines is 1. The second kappa shape index (κ2) is 4.94. The number of carbonyl (C=O) groups is 1. The molecule has 0 saturated heterocycles. The number of para-hydroxylation sites is 1. The summed E-state index contributed by atoms with van der Waals surface area (Å²) in [6, 6.07) is 11.2. The molecule has 0 bridgehead atoms. The number of hydrogen-bond donors (Lipinski definition) is 2. The van der Waals surface area contributed by atoms with E-state index in [1.165, 1.54) is 18.2 Å². The van der Waals surface area contributed by atoms with Crippen LogP contribution >= 0.6 is 11.6 Å². The summed E-state index contributed by atoms with van der Waals surface area (Å²) < 4.78 is 13.6. The summed E-state index contributed by atoms with van der Waals surface area (Å²) in [4.78, 5) is 12.1. The predicted octanol–water partition coefficient (Wildman–Crippen LogP) is 3.61. The number of carbonyl (C=O) groups excluding carboxylic acids is 1. The van der Waals surface area contributed by atoms with Crippen LogP contribution in [0.4, 0.5) is 10.1 Å². The number of nitrogens with one attached hydrogen (secondary N) is 2. The van der Waals surface area contributed by atoms with Crippen LogP contribution in [-0.2, 0) is 0 Å². The average molecular weight is 290 g/mol. The molecular weight excluding hydrogens is 281 g/mol. The number of nitrogens with zero attached hydrogens (tertiary/aromatic N) is 1. The Kier molecular flexibility index (Phi) is 3.12. The molecular formula is C14H9ClFN3O. The number of hydrogen-bond acceptors (Lipinski definition) is 2. The number of benzene rings is 2. The van der Waals surface area contributed by atoms with Gasteiger partial charge in [-0.25, -0.2) is 4.39 Å². The monoisotopic (exact) mass is 289 g/mol. The Morgan fingerprint density at radius 1 is 1.25 bits per heavy atom. The molecule has 0 aliphatic carbocycles. The molecule has 0 aliphatic rings. The number of amides is 1. The zero-order chi connectivity index (χ0) is 14.1. The van der Waals surface area contributed by atoms with Crippen molar-refractivity contribution in [1.29, 1.82) is 0 Å². The Labute approximate surface area is 118 Å². The van der Waals surface area contributed by atoms with Gasteiger partial charge in [0, 0.05) is 10.4 Å². The van der Waals surface area contributed by atoms with Gasteiger partial charge in [-0.2, -0.15) is 5.10 Å². The minimum absolute atomic E-state index is 0.0228. The third kappa shape index (κ3) is 2.23. The van der Waals surface area contributed by atoms with Crippen molar-refractivity contribution in [2.75, 3.05) is 5.32 Å². The topological polar surface area (TPSA) is 57.8 Å². The van der Waals surface area contributed by atoms with Gasteiger partial charge in [0.05, 0.1) is 11.2 Å². The van der Waals surface area contributed by atoms with Crippen molar-refractivity contribution < 1.29 is 9.18 Å². The smallest absolute Gasteiger partial charge is 0.276 e. The fourth-order valence-electron chi connectivity index (χ4n) is 1.91. The van der Waals surface area contributed by atoms with E-state index in [1.54, 1.807) is 18.2 Å². The fraction of sp³-hybridized carbons (Fsp3) is 0. The van der Waals surface area contributed by atoms with Crippen molar-refractivity contribution in [1.82, 2.24) is 10.2 Å². The molecule has 1 amide bonds. The van der Waals surface area contributed by atoms with Crippen LogP contribution < -0.4 is 5.32 Å². The molecule has 100 valence electrons. The number of aromatic nitrogens is 2. The SMILES string of the molecule is O=C(Nc1cc(Cl)ccc1F)c1n[nH]c2ccccc12. The Bertz CT molecular complexity index is 800. The van der Waals surface area contributed by atoms with Gasteiger partial charge in [-0.05, 0) is 24.3 Å². The van der Waals surface area contributed by atoms with E-state index in [0.717, 1.165) is 5.52 Å². The quantitative estimate of drug-likeness (QED) is 0.757. The van der Waals surface area contributed by atoms with Crippen LogP contribution in [0, 0.1) is 5.82 Å². The lowest BCUT2D eigenvalue weighted by Crippen LogP contribution is -2.13. The fourth-order valence-corrected chi connectivity index (χ4v) is 2.08. The molecule has 4 nitrogen and oxygen atoms in total. The molecule has 0 fully saturated rings. The average Bonchev–Trinajstić information content (AvgIpc) is 2.87. The summed E-state index contributed by atoms with van der Waals surface area (Å²) in [5, 5.41) is 10.2. The summed E-state index contributed by atoms with van der Waals surface area (Å²) >= 11 is 5.78. The first kappa shape index (κ1) is 12.6. The summed E-state index contributed by atoms with van der Waals surface area (Å²) in [6.45, 7) is 0. The van der Waals surface area contributed by atoms with Crippen molar-refractivity contribution >= 4 is 34.1 Å². The van der Waals surface area contributed by atoms with E-state index in [9.17, 15) is 9.18 Å². The van der Waals surface area contributed by atoms with E-state index in [2.05, 4.69) is 15.5 Å². The van der Waals surface area contributed by atoms with Crippen molar-refractivity contribution in [3.63, 3.8) is 0 Å². The largest absolute Gasteiger partial charge is 0.318 e. The van der Waals surface area contributed by atoms with E-state index in [4.69, 9.17) is 11.6 Å². The van der Waals surface area contributed by atoms with Gasteiger partial charge in [0.2, 0.25) is 0 Å². The lowest BCUT2D eigenvalue weighted by molar-refractivity contribution is 0.102. The number of halogens is 2. The van der Waals surface area contributed by atoms with Crippen LogP contribution in [0.3, 0.4) is 0 Å². The maximum Gasteiger partial charge on any atom is 0.276 e. The lowest BCUT2D eigenvalue weighted by atomic mass is 10.2. The molecule has 1 aromatic heterocycles. The van der Waals surface area contributed by atoms with Gasteiger partial charge in [-0.1, -0.05) is 29.8 Å². The Morgan fingerprint density at radius 2 is 2.05 bits per heavy atom. The number of anilines is 1. The van der Waals surface area contributed by atoms with Gasteiger partial charge >= 0.3 is 0 Å². The van der Waals surface area contributed by atoms with Crippen LogP contribution in [-0.4, -0.2) is 16.1 Å². The first-order chi connectivity index (χ1) is 9.65. The molecule has 0 radical (unpaired) electrons. The first-order valence-corrected chi connectivity index (χ1v) is 6.22. The first-order valence-electron chi connectivity index (χ1n) is 5.84. The van der Waals surface area contributed by atoms with Crippen LogP contribution in [0.2, 0.25) is 5.02 Å². The normalized spacial score (nSPS) is 10.7. The third-order valence-electron chi connectivity index (χ3n) is 2.86. The highest BCUT2D eigenvalue weighted by Gasteiger charge is 2.15. The molecule has 2 aromatic carbocycles. The molecule has 0 aliphatic heterocycles. The maximum atomic E-state index is 13.6. The van der Waals surface area contributed by atoms with Gasteiger partial charge in [0.1, 0.15) is 5.82 Å². The second-order valence-corrected chi connectivity index (χ2v) is 4.63. The van der Waals surface area contributed by atoms with Crippen molar-refractivity contribution in [2.24, 2.45) is 0 Å². The summed E-state index contributed by atoms with van der Waals surface area (Å²) in [7, 11) is 0. The molecule has 20 heavy (non-hydrogen) atoms. The van der Waals surface area contributed by atoms with Crippen molar-refractivity contribution in [3.05, 3.63) is 59.0 Å². The Hall–Kier alpha value is -2.40. The van der Waals surface area contributed by atoms with Gasteiger partial charge in [0.25, 0.3) is 5.91 Å². The van der Waals surface area contributed by atoms with Crippen LogP contribution in [0.1, 0.15) is 10.5 Å². The molecule has 0 spiro atoms. The van der Waals surface area contributed by atoms with Crippen LogP contribution in [0.15, 0.2) is 42.5 Å². The van der Waals surface area contributed by atoms with Gasteiger partial charge in [-0.15, -0.1) is 0 Å². The molecule has 0 atom stereocenters. The molecule has 6 heteroatoms. The maximum absolute atomic E-state index is 13.6. The van der Waals surface area contributed by atoms with E-state index in [1.807, 2.05) is 6.07 Å². The third-order valence-corrected chi connectivity index (χ3v) is 3.10. The highest BCUT2D eigenvalue weighted by Crippen LogP contribution is 2.21. The molecule has 3 rings (SSSR count). The van der Waals surface area contributed by atoms with Gasteiger partial charge in [-0.3, -0.25) is 9.89 Å². The second-order valence-electron chi connectivity index (χ2n) is 4.20. The molecule has 0 unspecified atom stereocenters. The van der Waals surface area contributed by atoms with Crippen molar-refractivity contribution in [2.45, 2.75) is 0 Å². The Morgan fingerprint density at radius 3 is 2.90 bits per heavy atom. The van der Waals surface area contributed by atoms with Crippen molar-refractivity contribution in [3.8, 4) is 0 Å². The lowest BCUT2D eigenvalue weighted by Gasteiger charge is -2.05. The summed E-state index contributed by atoms with van der Waals surface area (Å²) in [5.74, 6) is -1.05. The van der Waals surface area contributed by atoms with Gasteiger partial charge < -0.3 is 5.32 Å². The van der Waals surface area contributed by atoms with E-state index >= 15 is 0 Å². The summed E-state index contributed by atoms with van der Waals surface area (Å²) in [6.07, 6.45) is 0. The van der Waals surface area contributed by atoms with E-state index in [0.29, 0.717) is 10.4 Å². The van der Waals surface area contributed by atoms with E-state index in [-0.39, 0.29) is 11.4 Å². The highest BCUT2D eigenvalue weighted by atomic mass is 35.5. The zero-order valence-electron chi connectivity index (χ0n) is 10.2. The van der Waals surface area contributed by atoms with Gasteiger partial charge in [0.15, 0.2) is 5.69 Å². The minimum atomic E-state index is -0.553. The standard InChI is InChI=1S/C14H9ClFN3O/c15-8-5-6-10(16)12(7-8)17-14(20)13-9-3-1-2-4-11(9)18-19-13/h1-7H,(H,17,20)(H,18,19). The van der Waals surface area contributed by atoms with E-state index < -0.39 is 11.7 Å². The highest BCUT2D eigenvalue weighted by molar-refractivity contribution is 6.31. The molecule has 2 N–H and O–H groups in total. The minimum Gasteiger partial charge on any atom is -0.318 e. The number of fused-ring (bicyclic) bond motifs is 1. The number of rotatable bonds is 2. The number of H-pyrrole nitrogens is 1. The molecule has 3 aromatic rings. The zero-order valence-corrected chi connectivity index (χ0v) is 10.9. The molecule has 1 heterocycles. The van der Waals surface area contributed by atoms with Crippen LogP contribution in [0.25, 0.3) is 10.9 Å².